The number of nitrogens with one attached hydrogen (secondary N) is 1. The lowest BCUT2D eigenvalue weighted by atomic mass is 10.1. The van der Waals surface area contributed by atoms with Gasteiger partial charge in [-0.2, -0.15) is 0 Å². The molecule has 2 amide bonds. The van der Waals surface area contributed by atoms with Crippen LogP contribution < -0.4 is 5.32 Å². The third-order valence-corrected chi connectivity index (χ3v) is 3.80. The van der Waals surface area contributed by atoms with E-state index in [1.54, 1.807) is 20.8 Å². The van der Waals surface area contributed by atoms with Crippen molar-refractivity contribution in [3.63, 3.8) is 0 Å². The predicted molar refractivity (Wildman–Crippen MR) is 90.8 cm³/mol. The Morgan fingerprint density at radius 3 is 2.52 bits per heavy atom. The Hall–Kier alpha value is -2.31. The molecule has 1 aliphatic heterocycles. The van der Waals surface area contributed by atoms with Crippen LogP contribution in [-0.4, -0.2) is 48.5 Å². The van der Waals surface area contributed by atoms with Crippen molar-refractivity contribution >= 4 is 12.2 Å². The molecule has 7 heteroatoms. The van der Waals surface area contributed by atoms with Gasteiger partial charge in [0.25, 0.3) is 0 Å². The monoisotopic (exact) mass is 352 g/mol. The third-order valence-electron chi connectivity index (χ3n) is 3.80. The SMILES string of the molecule is CC(C)(C)OC(=O)NC1CN(C(=O)OCc2ccccc2)CC1CF. The van der Waals surface area contributed by atoms with E-state index in [0.717, 1.165) is 5.56 Å². The molecule has 1 N–H and O–H groups in total. The Morgan fingerprint density at radius 2 is 1.92 bits per heavy atom. The van der Waals surface area contributed by atoms with Gasteiger partial charge in [-0.15, -0.1) is 0 Å². The highest BCUT2D eigenvalue weighted by atomic mass is 19.1. The fraction of sp³-hybridized carbons (Fsp3) is 0.556. The van der Waals surface area contributed by atoms with Crippen LogP contribution in [0.5, 0.6) is 0 Å². The zero-order valence-corrected chi connectivity index (χ0v) is 14.8. The second-order valence-electron chi connectivity index (χ2n) is 7.11. The second kappa shape index (κ2) is 8.18. The Bertz CT molecular complexity index is 588. The number of benzene rings is 1. The maximum atomic E-state index is 13.3. The van der Waals surface area contributed by atoms with E-state index in [-0.39, 0.29) is 19.7 Å². The first kappa shape index (κ1) is 19.0. The third kappa shape index (κ3) is 5.92. The Morgan fingerprint density at radius 1 is 1.24 bits per heavy atom. The van der Waals surface area contributed by atoms with Crippen LogP contribution in [0.3, 0.4) is 0 Å². The molecule has 138 valence electrons. The number of ether oxygens (including phenoxy) is 2. The molecule has 0 aromatic heterocycles. The molecule has 0 bridgehead atoms. The first-order valence-electron chi connectivity index (χ1n) is 8.29. The minimum absolute atomic E-state index is 0.153. The van der Waals surface area contributed by atoms with Crippen LogP contribution in [0.1, 0.15) is 26.3 Å². The first-order valence-corrected chi connectivity index (χ1v) is 8.29. The van der Waals surface area contributed by atoms with Crippen molar-refractivity contribution in [2.45, 2.75) is 39.0 Å². The number of rotatable bonds is 4. The lowest BCUT2D eigenvalue weighted by Crippen LogP contribution is -2.44. The number of nitrogens with zero attached hydrogens (tertiary/aromatic N) is 1. The molecule has 1 aromatic rings. The van der Waals surface area contributed by atoms with Crippen molar-refractivity contribution in [1.82, 2.24) is 10.2 Å². The molecule has 2 atom stereocenters. The highest BCUT2D eigenvalue weighted by Gasteiger charge is 2.37. The molecule has 1 heterocycles. The zero-order valence-electron chi connectivity index (χ0n) is 14.8. The average Bonchev–Trinajstić information content (AvgIpc) is 2.94. The number of alkyl halides is 1. The van der Waals surface area contributed by atoms with Gasteiger partial charge in [0.05, 0.1) is 12.7 Å². The molecule has 1 saturated heterocycles. The fourth-order valence-electron chi connectivity index (χ4n) is 2.61. The summed E-state index contributed by atoms with van der Waals surface area (Å²) in [5.74, 6) is -0.475. The van der Waals surface area contributed by atoms with Gasteiger partial charge in [-0.05, 0) is 26.3 Å². The number of halogens is 1. The molecule has 6 nitrogen and oxygen atoms in total. The van der Waals surface area contributed by atoms with E-state index >= 15 is 0 Å². The van der Waals surface area contributed by atoms with Gasteiger partial charge >= 0.3 is 12.2 Å². The lowest BCUT2D eigenvalue weighted by molar-refractivity contribution is 0.0491. The van der Waals surface area contributed by atoms with Crippen molar-refractivity contribution in [3.8, 4) is 0 Å². The van der Waals surface area contributed by atoms with E-state index in [2.05, 4.69) is 5.32 Å². The standard InChI is InChI=1S/C18H25FN2O4/c1-18(2,3)25-16(22)20-15-11-21(10-14(15)9-19)17(23)24-12-13-7-5-4-6-8-13/h4-8,14-15H,9-12H2,1-3H3,(H,20,22). The summed E-state index contributed by atoms with van der Waals surface area (Å²) in [6.45, 7) is 5.17. The molecule has 1 aromatic carbocycles. The minimum atomic E-state index is -0.637. The molecule has 25 heavy (non-hydrogen) atoms. The van der Waals surface area contributed by atoms with Gasteiger partial charge < -0.3 is 19.7 Å². The van der Waals surface area contributed by atoms with E-state index < -0.39 is 36.4 Å². The summed E-state index contributed by atoms with van der Waals surface area (Å²) in [5, 5.41) is 2.64. The van der Waals surface area contributed by atoms with E-state index in [1.165, 1.54) is 4.90 Å². The number of carbonyl (C=O) groups is 2. The molecule has 0 spiro atoms. The van der Waals surface area contributed by atoms with E-state index in [9.17, 15) is 14.0 Å². The first-order chi connectivity index (χ1) is 11.8. The number of amides is 2. The van der Waals surface area contributed by atoms with Crippen molar-refractivity contribution in [3.05, 3.63) is 35.9 Å². The van der Waals surface area contributed by atoms with Gasteiger partial charge in [0, 0.05) is 19.0 Å². The molecule has 2 unspecified atom stereocenters. The van der Waals surface area contributed by atoms with Gasteiger partial charge in [-0.1, -0.05) is 30.3 Å². The molecule has 0 saturated carbocycles. The van der Waals surface area contributed by atoms with Crippen LogP contribution in [0.2, 0.25) is 0 Å². The second-order valence-corrected chi connectivity index (χ2v) is 7.11. The predicted octanol–water partition coefficient (Wildman–Crippen LogP) is 3.12. The highest BCUT2D eigenvalue weighted by Crippen LogP contribution is 2.20. The topological polar surface area (TPSA) is 67.9 Å². The summed E-state index contributed by atoms with van der Waals surface area (Å²) in [5.41, 5.74) is 0.239. The van der Waals surface area contributed by atoms with E-state index in [0.29, 0.717) is 0 Å². The van der Waals surface area contributed by atoms with Crippen molar-refractivity contribution in [1.29, 1.82) is 0 Å². The van der Waals surface area contributed by atoms with Gasteiger partial charge in [0.2, 0.25) is 0 Å². The largest absolute Gasteiger partial charge is 0.445 e. The molecule has 0 aliphatic carbocycles. The van der Waals surface area contributed by atoms with Crippen LogP contribution >= 0.6 is 0 Å². The highest BCUT2D eigenvalue weighted by molar-refractivity contribution is 5.70. The van der Waals surface area contributed by atoms with Gasteiger partial charge in [0.15, 0.2) is 0 Å². The quantitative estimate of drug-likeness (QED) is 0.904. The average molecular weight is 352 g/mol. The van der Waals surface area contributed by atoms with Crippen molar-refractivity contribution < 1.29 is 23.5 Å². The Kier molecular flexibility index (Phi) is 6.22. The molecular formula is C18H25FN2O4. The Labute approximate surface area is 147 Å². The normalized spacial score (nSPS) is 20.2. The number of alkyl carbamates (subject to hydrolysis) is 1. The number of hydrogen-bond acceptors (Lipinski definition) is 4. The van der Waals surface area contributed by atoms with Crippen LogP contribution in [0.25, 0.3) is 0 Å². The minimum Gasteiger partial charge on any atom is -0.445 e. The summed E-state index contributed by atoms with van der Waals surface area (Å²) in [6, 6.07) is 8.81. The molecule has 0 radical (unpaired) electrons. The number of hydrogen-bond donors (Lipinski definition) is 1. The molecule has 1 fully saturated rings. The van der Waals surface area contributed by atoms with Crippen molar-refractivity contribution in [2.75, 3.05) is 19.8 Å². The fourth-order valence-corrected chi connectivity index (χ4v) is 2.61. The summed E-state index contributed by atoms with van der Waals surface area (Å²) in [6.07, 6.45) is -1.13. The summed E-state index contributed by atoms with van der Waals surface area (Å²) >= 11 is 0. The number of carbonyl (C=O) groups excluding carboxylic acids is 2. The van der Waals surface area contributed by atoms with Crippen molar-refractivity contribution in [2.24, 2.45) is 5.92 Å². The lowest BCUT2D eigenvalue weighted by Gasteiger charge is -2.23. The van der Waals surface area contributed by atoms with Crippen LogP contribution in [-0.2, 0) is 16.1 Å². The zero-order chi connectivity index (χ0) is 18.4. The molecular weight excluding hydrogens is 327 g/mol. The summed E-state index contributed by atoms with van der Waals surface area (Å²) in [4.78, 5) is 25.5. The maximum absolute atomic E-state index is 13.3. The number of likely N-dealkylation sites (tertiary alicyclic amines) is 1. The van der Waals surface area contributed by atoms with Gasteiger partial charge in [0.1, 0.15) is 12.2 Å². The van der Waals surface area contributed by atoms with Gasteiger partial charge in [-0.3, -0.25) is 4.39 Å². The van der Waals surface area contributed by atoms with Crippen LogP contribution in [0, 0.1) is 5.92 Å². The summed E-state index contributed by atoms with van der Waals surface area (Å²) in [7, 11) is 0. The molecule has 2 rings (SSSR count). The Balaban J connectivity index is 1.87. The van der Waals surface area contributed by atoms with E-state index in [4.69, 9.17) is 9.47 Å². The molecule has 1 aliphatic rings. The van der Waals surface area contributed by atoms with Gasteiger partial charge in [-0.25, -0.2) is 9.59 Å². The van der Waals surface area contributed by atoms with Crippen LogP contribution in [0.15, 0.2) is 30.3 Å². The summed E-state index contributed by atoms with van der Waals surface area (Å²) < 4.78 is 23.7. The maximum Gasteiger partial charge on any atom is 0.410 e. The van der Waals surface area contributed by atoms with E-state index in [1.807, 2.05) is 30.3 Å². The van der Waals surface area contributed by atoms with Crippen LogP contribution in [0.4, 0.5) is 14.0 Å². The smallest absolute Gasteiger partial charge is 0.410 e.